The Morgan fingerprint density at radius 3 is 1.63 bits per heavy atom. The molecule has 0 amide bonds. The molecular weight excluding hydrogens is 366 g/mol. The third kappa shape index (κ3) is 3.38. The number of nitrogens with two attached hydrogens (primary N) is 2. The topological polar surface area (TPSA) is 64.9 Å². The van der Waals surface area contributed by atoms with Gasteiger partial charge in [0.05, 0.1) is 11.4 Å². The maximum atomic E-state index is 5.89. The molecule has 0 unspecified atom stereocenters. The van der Waals surface area contributed by atoms with Crippen molar-refractivity contribution in [3.63, 3.8) is 0 Å². The van der Waals surface area contributed by atoms with Gasteiger partial charge in [0.1, 0.15) is 0 Å². The Hall–Kier alpha value is -4.11. The Morgan fingerprint density at radius 1 is 0.500 bits per heavy atom. The van der Waals surface area contributed by atoms with E-state index in [2.05, 4.69) is 54.6 Å². The predicted molar refractivity (Wildman–Crippen MR) is 127 cm³/mol. The Bertz CT molecular complexity index is 1270. The highest BCUT2D eigenvalue weighted by molar-refractivity contribution is 5.97. The average Bonchev–Trinajstić information content (AvgIpc) is 2.79. The van der Waals surface area contributed by atoms with Gasteiger partial charge in [0.15, 0.2) is 0 Å². The van der Waals surface area contributed by atoms with Gasteiger partial charge in [-0.2, -0.15) is 0 Å². The summed E-state index contributed by atoms with van der Waals surface area (Å²) in [5.41, 5.74) is 19.4. The smallest absolute Gasteiger partial charge is 0.0715 e. The van der Waals surface area contributed by atoms with E-state index in [1.807, 2.05) is 48.5 Å². The highest BCUT2D eigenvalue weighted by Gasteiger charge is 2.11. The van der Waals surface area contributed by atoms with Gasteiger partial charge in [-0.1, -0.05) is 66.7 Å². The summed E-state index contributed by atoms with van der Waals surface area (Å²) in [6.45, 7) is 0. The molecule has 1 heterocycles. The first-order valence-corrected chi connectivity index (χ1v) is 9.89. The fraction of sp³-hybridized carbons (Fsp3) is 0. The van der Waals surface area contributed by atoms with Crippen LogP contribution in [-0.4, -0.2) is 4.98 Å². The van der Waals surface area contributed by atoms with Crippen LogP contribution in [0.4, 0.5) is 11.4 Å². The Morgan fingerprint density at radius 2 is 1.03 bits per heavy atom. The standard InChI is InChI=1S/C27H21N3/c28-22-12-8-19(9-13-22)26-16-21(17-27(30-26)20-10-14-23(29)15-11-20)25-7-3-5-18-4-1-2-6-24(18)25/h1-17H,28-29H2. The number of nitrogen functional groups attached to an aromatic ring is 2. The van der Waals surface area contributed by atoms with Crippen molar-refractivity contribution in [3.8, 4) is 33.6 Å². The molecule has 3 heteroatoms. The number of anilines is 2. The fourth-order valence-corrected chi connectivity index (χ4v) is 3.77. The largest absolute Gasteiger partial charge is 0.399 e. The van der Waals surface area contributed by atoms with Gasteiger partial charge >= 0.3 is 0 Å². The van der Waals surface area contributed by atoms with Crippen molar-refractivity contribution < 1.29 is 0 Å². The molecule has 0 fully saturated rings. The first-order valence-electron chi connectivity index (χ1n) is 9.89. The molecule has 4 N–H and O–H groups in total. The summed E-state index contributed by atoms with van der Waals surface area (Å²) < 4.78 is 0. The van der Waals surface area contributed by atoms with Gasteiger partial charge in [-0.15, -0.1) is 0 Å². The third-order valence-corrected chi connectivity index (χ3v) is 5.34. The number of pyridine rings is 1. The van der Waals surface area contributed by atoms with Gasteiger partial charge in [0.25, 0.3) is 0 Å². The van der Waals surface area contributed by atoms with Crippen LogP contribution in [0, 0.1) is 0 Å². The molecule has 0 aliphatic heterocycles. The zero-order valence-corrected chi connectivity index (χ0v) is 16.4. The molecule has 0 atom stereocenters. The van der Waals surface area contributed by atoms with Gasteiger partial charge < -0.3 is 11.5 Å². The second-order valence-electron chi connectivity index (χ2n) is 7.40. The molecule has 0 spiro atoms. The summed E-state index contributed by atoms with van der Waals surface area (Å²) in [6, 6.07) is 34.8. The summed E-state index contributed by atoms with van der Waals surface area (Å²) in [7, 11) is 0. The van der Waals surface area contributed by atoms with Crippen LogP contribution in [0.25, 0.3) is 44.4 Å². The molecule has 4 aromatic carbocycles. The molecule has 0 aliphatic carbocycles. The first kappa shape index (κ1) is 18.0. The monoisotopic (exact) mass is 387 g/mol. The predicted octanol–water partition coefficient (Wildman–Crippen LogP) is 6.40. The maximum Gasteiger partial charge on any atom is 0.0715 e. The van der Waals surface area contributed by atoms with Crippen molar-refractivity contribution in [1.29, 1.82) is 0 Å². The third-order valence-electron chi connectivity index (χ3n) is 5.34. The second kappa shape index (κ2) is 7.37. The molecule has 5 rings (SSSR count). The van der Waals surface area contributed by atoms with Gasteiger partial charge in [-0.3, -0.25) is 0 Å². The number of nitrogens with zero attached hydrogens (tertiary/aromatic N) is 1. The number of fused-ring (bicyclic) bond motifs is 1. The normalized spacial score (nSPS) is 10.9. The van der Waals surface area contributed by atoms with E-state index >= 15 is 0 Å². The van der Waals surface area contributed by atoms with Crippen LogP contribution in [0.5, 0.6) is 0 Å². The maximum absolute atomic E-state index is 5.89. The van der Waals surface area contributed by atoms with Crippen LogP contribution in [0.1, 0.15) is 0 Å². The van der Waals surface area contributed by atoms with Gasteiger partial charge in [-0.05, 0) is 58.3 Å². The van der Waals surface area contributed by atoms with Crippen molar-refractivity contribution in [2.24, 2.45) is 0 Å². The van der Waals surface area contributed by atoms with Crippen LogP contribution in [-0.2, 0) is 0 Å². The Labute approximate surface area is 175 Å². The summed E-state index contributed by atoms with van der Waals surface area (Å²) in [6.07, 6.45) is 0. The Kier molecular flexibility index (Phi) is 4.41. The molecule has 144 valence electrons. The van der Waals surface area contributed by atoms with Crippen molar-refractivity contribution in [3.05, 3.63) is 103 Å². The summed E-state index contributed by atoms with van der Waals surface area (Å²) in [5.74, 6) is 0. The molecular formula is C27H21N3. The number of rotatable bonds is 3. The quantitative estimate of drug-likeness (QED) is 0.352. The lowest BCUT2D eigenvalue weighted by Crippen LogP contribution is -1.93. The highest BCUT2D eigenvalue weighted by Crippen LogP contribution is 2.34. The van der Waals surface area contributed by atoms with Crippen LogP contribution >= 0.6 is 0 Å². The van der Waals surface area contributed by atoms with Crippen LogP contribution in [0.2, 0.25) is 0 Å². The van der Waals surface area contributed by atoms with E-state index in [4.69, 9.17) is 16.5 Å². The van der Waals surface area contributed by atoms with Crippen molar-refractivity contribution in [2.45, 2.75) is 0 Å². The molecule has 0 radical (unpaired) electrons. The average molecular weight is 387 g/mol. The Balaban J connectivity index is 1.75. The number of aromatic nitrogens is 1. The van der Waals surface area contributed by atoms with Crippen molar-refractivity contribution in [2.75, 3.05) is 11.5 Å². The van der Waals surface area contributed by atoms with Crippen LogP contribution < -0.4 is 11.5 Å². The van der Waals surface area contributed by atoms with E-state index in [1.165, 1.54) is 16.3 Å². The highest BCUT2D eigenvalue weighted by atomic mass is 14.7. The molecule has 0 aliphatic rings. The minimum atomic E-state index is 0.739. The summed E-state index contributed by atoms with van der Waals surface area (Å²) in [4.78, 5) is 4.96. The minimum absolute atomic E-state index is 0.739. The van der Waals surface area contributed by atoms with E-state index in [9.17, 15) is 0 Å². The zero-order valence-electron chi connectivity index (χ0n) is 16.4. The number of hydrogen-bond donors (Lipinski definition) is 2. The van der Waals surface area contributed by atoms with Crippen LogP contribution in [0.3, 0.4) is 0 Å². The lowest BCUT2D eigenvalue weighted by molar-refractivity contribution is 1.32. The van der Waals surface area contributed by atoms with Gasteiger partial charge in [0, 0.05) is 22.5 Å². The van der Waals surface area contributed by atoms with E-state index in [-0.39, 0.29) is 0 Å². The van der Waals surface area contributed by atoms with Crippen LogP contribution in [0.15, 0.2) is 103 Å². The van der Waals surface area contributed by atoms with E-state index in [0.717, 1.165) is 39.5 Å². The second-order valence-corrected chi connectivity index (χ2v) is 7.40. The van der Waals surface area contributed by atoms with E-state index in [1.54, 1.807) is 0 Å². The summed E-state index contributed by atoms with van der Waals surface area (Å²) >= 11 is 0. The van der Waals surface area contributed by atoms with Gasteiger partial charge in [0.2, 0.25) is 0 Å². The van der Waals surface area contributed by atoms with Gasteiger partial charge in [-0.25, -0.2) is 4.98 Å². The zero-order chi connectivity index (χ0) is 20.5. The molecule has 30 heavy (non-hydrogen) atoms. The molecule has 3 nitrogen and oxygen atoms in total. The minimum Gasteiger partial charge on any atom is -0.399 e. The lowest BCUT2D eigenvalue weighted by Gasteiger charge is -2.12. The molecule has 0 bridgehead atoms. The molecule has 0 saturated heterocycles. The molecule has 1 aromatic heterocycles. The number of benzene rings is 4. The lowest BCUT2D eigenvalue weighted by atomic mass is 9.95. The van der Waals surface area contributed by atoms with E-state index in [0.29, 0.717) is 0 Å². The van der Waals surface area contributed by atoms with Crippen molar-refractivity contribution >= 4 is 22.1 Å². The van der Waals surface area contributed by atoms with E-state index < -0.39 is 0 Å². The summed E-state index contributed by atoms with van der Waals surface area (Å²) in [5, 5.41) is 2.44. The first-order chi connectivity index (χ1) is 14.7. The fourth-order valence-electron chi connectivity index (χ4n) is 3.77. The SMILES string of the molecule is Nc1ccc(-c2cc(-c3cccc4ccccc34)cc(-c3ccc(N)cc3)n2)cc1. The molecule has 0 saturated carbocycles. The molecule has 5 aromatic rings. The van der Waals surface area contributed by atoms with Crippen molar-refractivity contribution in [1.82, 2.24) is 4.98 Å². The number of hydrogen-bond acceptors (Lipinski definition) is 3.